The summed E-state index contributed by atoms with van der Waals surface area (Å²) in [4.78, 5) is 5.05. The Morgan fingerprint density at radius 1 is 1.16 bits per heavy atom. The molecule has 3 rings (SSSR count). The minimum absolute atomic E-state index is 0.713. The smallest absolute Gasteiger partial charge is 0.142 e. The van der Waals surface area contributed by atoms with Crippen LogP contribution < -0.4 is 15.0 Å². The largest absolute Gasteiger partial charge is 0.495 e. The number of nitrogens with one attached hydrogen (secondary N) is 1. The van der Waals surface area contributed by atoms with Gasteiger partial charge in [-0.25, -0.2) is 0 Å². The van der Waals surface area contributed by atoms with Crippen LogP contribution in [0.4, 0.5) is 5.69 Å². The third-order valence-corrected chi connectivity index (χ3v) is 4.18. The molecule has 2 aliphatic rings. The van der Waals surface area contributed by atoms with Crippen molar-refractivity contribution in [1.82, 2.24) is 10.2 Å². The Balaban J connectivity index is 1.59. The van der Waals surface area contributed by atoms with E-state index in [-0.39, 0.29) is 0 Å². The molecule has 2 saturated heterocycles. The third-order valence-electron chi connectivity index (χ3n) is 4.18. The van der Waals surface area contributed by atoms with Crippen LogP contribution in [0.3, 0.4) is 0 Å². The minimum atomic E-state index is 0.713. The van der Waals surface area contributed by atoms with E-state index >= 15 is 0 Å². The number of methoxy groups -OCH3 is 1. The highest BCUT2D eigenvalue weighted by Crippen LogP contribution is 2.32. The van der Waals surface area contributed by atoms with Crippen molar-refractivity contribution < 1.29 is 4.74 Å². The number of rotatable bonds is 3. The van der Waals surface area contributed by atoms with E-state index in [1.165, 1.54) is 31.7 Å². The van der Waals surface area contributed by atoms with Gasteiger partial charge in [0, 0.05) is 32.2 Å². The van der Waals surface area contributed by atoms with Crippen LogP contribution in [0.5, 0.6) is 5.75 Å². The maximum absolute atomic E-state index is 5.44. The summed E-state index contributed by atoms with van der Waals surface area (Å²) >= 11 is 0. The Labute approximate surface area is 115 Å². The van der Waals surface area contributed by atoms with E-state index in [1.807, 2.05) is 12.1 Å². The Bertz CT molecular complexity index is 410. The molecule has 1 N–H and O–H groups in total. The molecule has 0 amide bonds. The summed E-state index contributed by atoms with van der Waals surface area (Å²) in [5, 5.41) is 3.47. The lowest BCUT2D eigenvalue weighted by Crippen LogP contribution is -2.60. The second kappa shape index (κ2) is 5.80. The van der Waals surface area contributed by atoms with E-state index in [9.17, 15) is 0 Å². The molecule has 2 heterocycles. The fourth-order valence-corrected chi connectivity index (χ4v) is 3.01. The zero-order chi connectivity index (χ0) is 13.1. The van der Waals surface area contributed by atoms with Crippen molar-refractivity contribution in [3.8, 4) is 5.75 Å². The highest BCUT2D eigenvalue weighted by Gasteiger charge is 2.33. The van der Waals surface area contributed by atoms with Crippen LogP contribution in [-0.2, 0) is 0 Å². The van der Waals surface area contributed by atoms with Gasteiger partial charge in [0.25, 0.3) is 0 Å². The molecule has 2 fully saturated rings. The number of para-hydroxylation sites is 2. The summed E-state index contributed by atoms with van der Waals surface area (Å²) in [5.74, 6) is 0.985. The van der Waals surface area contributed by atoms with E-state index in [2.05, 4.69) is 27.2 Å². The van der Waals surface area contributed by atoms with Gasteiger partial charge >= 0.3 is 0 Å². The van der Waals surface area contributed by atoms with Crippen molar-refractivity contribution in [2.45, 2.75) is 12.5 Å². The molecule has 0 unspecified atom stereocenters. The van der Waals surface area contributed by atoms with E-state index in [1.54, 1.807) is 7.11 Å². The average molecular weight is 261 g/mol. The molecule has 4 heteroatoms. The quantitative estimate of drug-likeness (QED) is 0.884. The average Bonchev–Trinajstić information content (AvgIpc) is 2.67. The van der Waals surface area contributed by atoms with E-state index in [4.69, 9.17) is 4.74 Å². The standard InChI is InChI=1S/C15H23N3O/c1-19-15-6-3-2-5-14(15)18-11-13(12-18)17-9-4-7-16-8-10-17/h2-3,5-6,13,16H,4,7-12H2,1H3. The molecule has 104 valence electrons. The second-order valence-electron chi connectivity index (χ2n) is 5.37. The van der Waals surface area contributed by atoms with Gasteiger partial charge in [0.1, 0.15) is 5.75 Å². The van der Waals surface area contributed by atoms with Gasteiger partial charge in [-0.3, -0.25) is 4.90 Å². The Morgan fingerprint density at radius 3 is 2.84 bits per heavy atom. The fraction of sp³-hybridized carbons (Fsp3) is 0.600. The van der Waals surface area contributed by atoms with Crippen LogP contribution >= 0.6 is 0 Å². The SMILES string of the molecule is COc1ccccc1N1CC(N2CCCNCC2)C1. The lowest BCUT2D eigenvalue weighted by atomic mass is 10.0. The van der Waals surface area contributed by atoms with Crippen molar-refractivity contribution in [3.63, 3.8) is 0 Å². The highest BCUT2D eigenvalue weighted by molar-refractivity contribution is 5.60. The van der Waals surface area contributed by atoms with Crippen molar-refractivity contribution in [1.29, 1.82) is 0 Å². The number of nitrogens with zero attached hydrogens (tertiary/aromatic N) is 2. The Morgan fingerprint density at radius 2 is 2.00 bits per heavy atom. The molecule has 19 heavy (non-hydrogen) atoms. The molecule has 0 bridgehead atoms. The van der Waals surface area contributed by atoms with Crippen molar-refractivity contribution >= 4 is 5.69 Å². The first-order chi connectivity index (χ1) is 9.38. The van der Waals surface area contributed by atoms with E-state index < -0.39 is 0 Å². The lowest BCUT2D eigenvalue weighted by molar-refractivity contribution is 0.176. The summed E-state index contributed by atoms with van der Waals surface area (Å²) < 4.78 is 5.44. The first-order valence-corrected chi connectivity index (χ1v) is 7.21. The molecule has 4 nitrogen and oxygen atoms in total. The molecular formula is C15H23N3O. The molecule has 0 aliphatic carbocycles. The molecule has 1 aromatic rings. The molecule has 0 atom stereocenters. The molecule has 0 saturated carbocycles. The van der Waals surface area contributed by atoms with E-state index in [0.717, 1.165) is 25.4 Å². The molecule has 2 aliphatic heterocycles. The van der Waals surface area contributed by atoms with Crippen LogP contribution in [0, 0.1) is 0 Å². The third kappa shape index (κ3) is 2.69. The van der Waals surface area contributed by atoms with Gasteiger partial charge < -0.3 is 15.0 Å². The first kappa shape index (κ1) is 12.8. The van der Waals surface area contributed by atoms with Crippen LogP contribution in [0.15, 0.2) is 24.3 Å². The van der Waals surface area contributed by atoms with Gasteiger partial charge in [-0.05, 0) is 31.6 Å². The summed E-state index contributed by atoms with van der Waals surface area (Å²) in [7, 11) is 1.75. The monoisotopic (exact) mass is 261 g/mol. The topological polar surface area (TPSA) is 27.7 Å². The molecule has 0 aromatic heterocycles. The van der Waals surface area contributed by atoms with Gasteiger partial charge in [-0.2, -0.15) is 0 Å². The van der Waals surface area contributed by atoms with Crippen LogP contribution in [0.2, 0.25) is 0 Å². The van der Waals surface area contributed by atoms with Gasteiger partial charge in [-0.15, -0.1) is 0 Å². The highest BCUT2D eigenvalue weighted by atomic mass is 16.5. The Hall–Kier alpha value is -1.26. The predicted octanol–water partition coefficient (Wildman–Crippen LogP) is 1.18. The number of benzene rings is 1. The van der Waals surface area contributed by atoms with Gasteiger partial charge in [-0.1, -0.05) is 12.1 Å². The van der Waals surface area contributed by atoms with Crippen LogP contribution in [-0.4, -0.2) is 57.3 Å². The Kier molecular flexibility index (Phi) is 3.89. The summed E-state index contributed by atoms with van der Waals surface area (Å²) in [5.41, 5.74) is 1.23. The summed E-state index contributed by atoms with van der Waals surface area (Å²) in [6.45, 7) is 6.97. The number of hydrogen-bond donors (Lipinski definition) is 1. The van der Waals surface area contributed by atoms with Crippen molar-refractivity contribution in [3.05, 3.63) is 24.3 Å². The maximum Gasteiger partial charge on any atom is 0.142 e. The van der Waals surface area contributed by atoms with Gasteiger partial charge in [0.05, 0.1) is 12.8 Å². The van der Waals surface area contributed by atoms with Crippen molar-refractivity contribution in [2.75, 3.05) is 51.3 Å². The maximum atomic E-state index is 5.44. The molecule has 0 radical (unpaired) electrons. The summed E-state index contributed by atoms with van der Waals surface area (Å²) in [6, 6.07) is 9.02. The van der Waals surface area contributed by atoms with Crippen LogP contribution in [0.25, 0.3) is 0 Å². The number of ether oxygens (including phenoxy) is 1. The van der Waals surface area contributed by atoms with Gasteiger partial charge in [0.15, 0.2) is 0 Å². The second-order valence-corrected chi connectivity index (χ2v) is 5.37. The number of hydrogen-bond acceptors (Lipinski definition) is 4. The summed E-state index contributed by atoms with van der Waals surface area (Å²) in [6.07, 6.45) is 1.27. The van der Waals surface area contributed by atoms with Crippen molar-refractivity contribution in [2.24, 2.45) is 0 Å². The van der Waals surface area contributed by atoms with Crippen LogP contribution in [0.1, 0.15) is 6.42 Å². The first-order valence-electron chi connectivity index (χ1n) is 7.21. The fourth-order valence-electron chi connectivity index (χ4n) is 3.01. The predicted molar refractivity (Wildman–Crippen MR) is 78.1 cm³/mol. The normalized spacial score (nSPS) is 21.8. The van der Waals surface area contributed by atoms with Gasteiger partial charge in [0.2, 0.25) is 0 Å². The zero-order valence-corrected chi connectivity index (χ0v) is 11.6. The lowest BCUT2D eigenvalue weighted by Gasteiger charge is -2.46. The molecular weight excluding hydrogens is 238 g/mol. The molecule has 0 spiro atoms. The number of anilines is 1. The van der Waals surface area contributed by atoms with E-state index in [0.29, 0.717) is 6.04 Å². The minimum Gasteiger partial charge on any atom is -0.495 e. The zero-order valence-electron chi connectivity index (χ0n) is 11.6. The molecule has 1 aromatic carbocycles.